The first kappa shape index (κ1) is 23.1. The van der Waals surface area contributed by atoms with Gasteiger partial charge in [0, 0.05) is 5.56 Å². The third kappa shape index (κ3) is 4.38. The summed E-state index contributed by atoms with van der Waals surface area (Å²) in [5, 5.41) is 3.90. The molecule has 12 heteroatoms. The van der Waals surface area contributed by atoms with Gasteiger partial charge in [-0.3, -0.25) is 4.79 Å². The van der Waals surface area contributed by atoms with Crippen molar-refractivity contribution >= 4 is 17.6 Å². The minimum absolute atomic E-state index is 0.104. The van der Waals surface area contributed by atoms with E-state index in [1.165, 1.54) is 17.0 Å². The molecule has 0 bridgehead atoms. The maximum atomic E-state index is 13.1. The number of ether oxygens (including phenoxy) is 2. The molecule has 0 radical (unpaired) electrons. The van der Waals surface area contributed by atoms with Gasteiger partial charge >= 0.3 is 12.4 Å². The summed E-state index contributed by atoms with van der Waals surface area (Å²) >= 11 is 0. The van der Waals surface area contributed by atoms with E-state index in [9.17, 15) is 22.8 Å². The monoisotopic (exact) mass is 476 g/mol. The number of imide groups is 1. The highest BCUT2D eigenvalue weighted by Gasteiger charge is 2.52. The summed E-state index contributed by atoms with van der Waals surface area (Å²) in [6.07, 6.45) is -4.85. The smallest absolute Gasteiger partial charge is 0.497 e. The molecule has 0 atom stereocenters. The number of amides is 3. The van der Waals surface area contributed by atoms with E-state index in [0.717, 1.165) is 17.0 Å². The van der Waals surface area contributed by atoms with Gasteiger partial charge in [0.05, 0.1) is 19.3 Å². The lowest BCUT2D eigenvalue weighted by atomic mass is 10.0. The van der Waals surface area contributed by atoms with Crippen molar-refractivity contribution in [3.8, 4) is 23.0 Å². The van der Waals surface area contributed by atoms with Gasteiger partial charge in [-0.1, -0.05) is 5.16 Å². The van der Waals surface area contributed by atoms with Crippen LogP contribution in [0.1, 0.15) is 19.7 Å². The highest BCUT2D eigenvalue weighted by Crippen LogP contribution is 2.34. The van der Waals surface area contributed by atoms with Crippen LogP contribution in [-0.4, -0.2) is 46.0 Å². The summed E-state index contributed by atoms with van der Waals surface area (Å²) in [5.74, 6) is 0.0380. The van der Waals surface area contributed by atoms with Gasteiger partial charge in [0.1, 0.15) is 17.0 Å². The SMILES string of the molecule is COc1ccc(-c2nc(CN3C(=O)N(c4ccc(OC(F)(F)F)cc4)C(=O)C3(C)C)no2)cc1. The molecule has 0 N–H and O–H groups in total. The predicted molar refractivity (Wildman–Crippen MR) is 112 cm³/mol. The molecular weight excluding hydrogens is 457 g/mol. The third-order valence-corrected chi connectivity index (χ3v) is 5.26. The molecule has 0 unspecified atom stereocenters. The minimum Gasteiger partial charge on any atom is -0.497 e. The summed E-state index contributed by atoms with van der Waals surface area (Å²) in [6, 6.07) is 10.7. The van der Waals surface area contributed by atoms with Gasteiger partial charge in [-0.2, -0.15) is 4.98 Å². The summed E-state index contributed by atoms with van der Waals surface area (Å²) in [7, 11) is 1.55. The maximum absolute atomic E-state index is 13.1. The molecule has 2 heterocycles. The van der Waals surface area contributed by atoms with Crippen LogP contribution in [0.5, 0.6) is 11.5 Å². The van der Waals surface area contributed by atoms with Gasteiger partial charge in [-0.05, 0) is 62.4 Å². The summed E-state index contributed by atoms with van der Waals surface area (Å²) in [5.41, 5.74) is -0.517. The Bertz CT molecular complexity index is 1210. The summed E-state index contributed by atoms with van der Waals surface area (Å²) in [6.45, 7) is 2.99. The molecule has 34 heavy (non-hydrogen) atoms. The average Bonchev–Trinajstić information content (AvgIpc) is 3.31. The van der Waals surface area contributed by atoms with Crippen LogP contribution in [0.25, 0.3) is 11.5 Å². The Balaban J connectivity index is 1.54. The van der Waals surface area contributed by atoms with Crippen molar-refractivity contribution in [3.05, 3.63) is 54.4 Å². The number of benzene rings is 2. The van der Waals surface area contributed by atoms with Gasteiger partial charge in [0.2, 0.25) is 0 Å². The molecule has 0 saturated carbocycles. The molecule has 0 spiro atoms. The number of anilines is 1. The molecule has 1 aromatic heterocycles. The summed E-state index contributed by atoms with van der Waals surface area (Å²) in [4.78, 5) is 32.6. The largest absolute Gasteiger partial charge is 0.573 e. The zero-order valence-corrected chi connectivity index (χ0v) is 18.3. The second-order valence-corrected chi connectivity index (χ2v) is 7.85. The Hall–Kier alpha value is -4.09. The molecule has 1 aliphatic heterocycles. The maximum Gasteiger partial charge on any atom is 0.573 e. The quantitative estimate of drug-likeness (QED) is 0.487. The highest BCUT2D eigenvalue weighted by molar-refractivity contribution is 6.22. The first-order valence-corrected chi connectivity index (χ1v) is 9.98. The van der Waals surface area contributed by atoms with Gasteiger partial charge in [0.15, 0.2) is 5.82 Å². The highest BCUT2D eigenvalue weighted by atomic mass is 19.4. The van der Waals surface area contributed by atoms with Crippen LogP contribution in [0.4, 0.5) is 23.7 Å². The lowest BCUT2D eigenvalue weighted by Crippen LogP contribution is -2.43. The number of alkyl halides is 3. The van der Waals surface area contributed by atoms with Crippen LogP contribution < -0.4 is 14.4 Å². The number of methoxy groups -OCH3 is 1. The van der Waals surface area contributed by atoms with Crippen LogP contribution in [0.15, 0.2) is 53.1 Å². The second kappa shape index (κ2) is 8.36. The van der Waals surface area contributed by atoms with E-state index in [4.69, 9.17) is 9.26 Å². The van der Waals surface area contributed by atoms with Crippen LogP contribution in [0.2, 0.25) is 0 Å². The molecule has 3 amide bonds. The molecule has 178 valence electrons. The number of hydrogen-bond donors (Lipinski definition) is 0. The van der Waals surface area contributed by atoms with Gasteiger partial charge in [-0.25, -0.2) is 9.69 Å². The van der Waals surface area contributed by atoms with Crippen molar-refractivity contribution in [1.82, 2.24) is 15.0 Å². The van der Waals surface area contributed by atoms with Crippen molar-refractivity contribution in [1.29, 1.82) is 0 Å². The predicted octanol–water partition coefficient (Wildman–Crippen LogP) is 4.39. The normalized spacial score (nSPS) is 15.7. The fourth-order valence-corrected chi connectivity index (χ4v) is 3.44. The topological polar surface area (TPSA) is 98.0 Å². The number of carbonyl (C=O) groups excluding carboxylic acids is 2. The standard InChI is InChI=1S/C22H19F3N4O5/c1-21(2)19(30)29(14-6-10-16(11-7-14)33-22(23,24)25)20(31)28(21)12-17-26-18(34-27-17)13-4-8-15(32-3)9-5-13/h4-11H,12H2,1-3H3. The Morgan fingerprint density at radius 1 is 1.00 bits per heavy atom. The van der Waals surface area contributed by atoms with E-state index in [-0.39, 0.29) is 23.9 Å². The lowest BCUT2D eigenvalue weighted by molar-refractivity contribution is -0.274. The number of nitrogens with zero attached hydrogens (tertiary/aromatic N) is 4. The van der Waals surface area contributed by atoms with E-state index >= 15 is 0 Å². The second-order valence-electron chi connectivity index (χ2n) is 7.85. The molecule has 1 fully saturated rings. The van der Waals surface area contributed by atoms with E-state index in [1.54, 1.807) is 45.2 Å². The van der Waals surface area contributed by atoms with Crippen molar-refractivity contribution in [2.45, 2.75) is 32.3 Å². The summed E-state index contributed by atoms with van der Waals surface area (Å²) < 4.78 is 51.4. The molecular formula is C22H19F3N4O5. The number of urea groups is 1. The minimum atomic E-state index is -4.85. The zero-order valence-electron chi connectivity index (χ0n) is 18.3. The third-order valence-electron chi connectivity index (χ3n) is 5.26. The van der Waals surface area contributed by atoms with Crippen molar-refractivity contribution in [3.63, 3.8) is 0 Å². The number of hydrogen-bond acceptors (Lipinski definition) is 7. The Morgan fingerprint density at radius 2 is 1.62 bits per heavy atom. The Kier molecular flexibility index (Phi) is 5.67. The average molecular weight is 476 g/mol. The lowest BCUT2D eigenvalue weighted by Gasteiger charge is -2.26. The van der Waals surface area contributed by atoms with Crippen LogP contribution in [0.3, 0.4) is 0 Å². The van der Waals surface area contributed by atoms with E-state index in [1.807, 2.05) is 0 Å². The molecule has 2 aromatic carbocycles. The van der Waals surface area contributed by atoms with Crippen LogP contribution in [-0.2, 0) is 11.3 Å². The van der Waals surface area contributed by atoms with Gasteiger partial charge in [-0.15, -0.1) is 13.2 Å². The molecule has 9 nitrogen and oxygen atoms in total. The number of carbonyl (C=O) groups is 2. The molecule has 4 rings (SSSR count). The fourth-order valence-electron chi connectivity index (χ4n) is 3.44. The number of rotatable bonds is 6. The molecule has 1 aliphatic rings. The molecule has 0 aliphatic carbocycles. The first-order chi connectivity index (χ1) is 16.0. The van der Waals surface area contributed by atoms with Crippen molar-refractivity contribution in [2.24, 2.45) is 0 Å². The van der Waals surface area contributed by atoms with E-state index < -0.39 is 29.6 Å². The Morgan fingerprint density at radius 3 is 2.21 bits per heavy atom. The Labute approximate surface area is 191 Å². The van der Waals surface area contributed by atoms with Crippen molar-refractivity contribution < 1.29 is 36.8 Å². The van der Waals surface area contributed by atoms with E-state index in [2.05, 4.69) is 14.9 Å². The molecule has 1 saturated heterocycles. The van der Waals surface area contributed by atoms with Gasteiger partial charge in [0.25, 0.3) is 11.8 Å². The van der Waals surface area contributed by atoms with Crippen molar-refractivity contribution in [2.75, 3.05) is 12.0 Å². The van der Waals surface area contributed by atoms with Crippen LogP contribution >= 0.6 is 0 Å². The van der Waals surface area contributed by atoms with E-state index in [0.29, 0.717) is 11.3 Å². The number of aromatic nitrogens is 2. The zero-order chi connectivity index (χ0) is 24.7. The molecule has 3 aromatic rings. The van der Waals surface area contributed by atoms with Crippen LogP contribution in [0, 0.1) is 0 Å². The number of halogens is 3. The fraction of sp³-hybridized carbons (Fsp3) is 0.273. The van der Waals surface area contributed by atoms with Gasteiger partial charge < -0.3 is 18.9 Å². The first-order valence-electron chi connectivity index (χ1n) is 9.98.